The number of hydrogen-bond acceptors (Lipinski definition) is 5. The zero-order chi connectivity index (χ0) is 20.3. The highest BCUT2D eigenvalue weighted by molar-refractivity contribution is 6.32. The number of nitrogens with zero attached hydrogens (tertiary/aromatic N) is 1. The molecule has 0 aliphatic rings. The van der Waals surface area contributed by atoms with E-state index in [1.54, 1.807) is 30.3 Å². The van der Waals surface area contributed by atoms with Crippen molar-refractivity contribution in [3.05, 3.63) is 52.9 Å². The van der Waals surface area contributed by atoms with Crippen LogP contribution in [0, 0.1) is 0 Å². The van der Waals surface area contributed by atoms with E-state index < -0.39 is 5.97 Å². The van der Waals surface area contributed by atoms with Gasteiger partial charge in [0.25, 0.3) is 0 Å². The van der Waals surface area contributed by atoms with Gasteiger partial charge in [-0.25, -0.2) is 4.98 Å². The van der Waals surface area contributed by atoms with E-state index in [4.69, 9.17) is 25.5 Å². The number of ether oxygens (including phenoxy) is 2. The Bertz CT molecular complexity index is 1010. The number of fused-ring (bicyclic) bond motifs is 1. The Morgan fingerprint density at radius 1 is 1.32 bits per heavy atom. The van der Waals surface area contributed by atoms with E-state index in [2.05, 4.69) is 4.98 Å². The van der Waals surface area contributed by atoms with E-state index in [0.717, 1.165) is 0 Å². The first-order chi connectivity index (χ1) is 13.4. The number of methoxy groups -OCH3 is 1. The summed E-state index contributed by atoms with van der Waals surface area (Å²) in [5.74, 6) is 0.158. The van der Waals surface area contributed by atoms with Gasteiger partial charge < -0.3 is 19.0 Å². The van der Waals surface area contributed by atoms with Crippen molar-refractivity contribution in [3.8, 4) is 11.5 Å². The zero-order valence-electron chi connectivity index (χ0n) is 15.7. The van der Waals surface area contributed by atoms with Crippen LogP contribution in [-0.4, -0.2) is 29.3 Å². The summed E-state index contributed by atoms with van der Waals surface area (Å²) in [5, 5.41) is 9.68. The quantitative estimate of drug-likeness (QED) is 0.579. The summed E-state index contributed by atoms with van der Waals surface area (Å²) in [6, 6.07) is 10.7. The molecule has 0 amide bonds. The Balaban J connectivity index is 2.07. The standard InChI is InChI=1S/C21H20ClNO5/c1-12(2)27-20-15(22)9-13(10-18(20)26-3)8-14(11-19(24)25)21-23-16-6-4-5-7-17(16)28-21/h4-10,12H,11H2,1-3H3,(H,24,25)/b14-8+. The third kappa shape index (κ3) is 4.46. The first kappa shape index (κ1) is 19.8. The van der Waals surface area contributed by atoms with Crippen LogP contribution in [0.25, 0.3) is 22.7 Å². The third-order valence-corrected chi connectivity index (χ3v) is 4.14. The molecule has 146 valence electrons. The summed E-state index contributed by atoms with van der Waals surface area (Å²) in [6.45, 7) is 3.78. The minimum Gasteiger partial charge on any atom is -0.493 e. The predicted octanol–water partition coefficient (Wildman–Crippen LogP) is 5.29. The van der Waals surface area contributed by atoms with E-state index >= 15 is 0 Å². The van der Waals surface area contributed by atoms with Crippen molar-refractivity contribution in [2.75, 3.05) is 7.11 Å². The largest absolute Gasteiger partial charge is 0.493 e. The average Bonchev–Trinajstić information content (AvgIpc) is 3.06. The number of para-hydroxylation sites is 2. The molecule has 0 aliphatic carbocycles. The van der Waals surface area contributed by atoms with Gasteiger partial charge in [0.15, 0.2) is 17.1 Å². The minimum atomic E-state index is -0.994. The fourth-order valence-electron chi connectivity index (χ4n) is 2.74. The number of benzene rings is 2. The molecular weight excluding hydrogens is 382 g/mol. The number of carbonyl (C=O) groups is 1. The summed E-state index contributed by atoms with van der Waals surface area (Å²) >= 11 is 6.37. The molecule has 0 radical (unpaired) electrons. The molecule has 2 aromatic carbocycles. The van der Waals surface area contributed by atoms with Crippen molar-refractivity contribution in [2.24, 2.45) is 0 Å². The first-order valence-corrected chi connectivity index (χ1v) is 9.07. The maximum absolute atomic E-state index is 11.4. The van der Waals surface area contributed by atoms with Gasteiger partial charge in [-0.05, 0) is 49.8 Å². The Morgan fingerprint density at radius 2 is 2.07 bits per heavy atom. The Labute approximate surface area is 167 Å². The van der Waals surface area contributed by atoms with Gasteiger partial charge in [-0.2, -0.15) is 0 Å². The topological polar surface area (TPSA) is 81.8 Å². The number of halogens is 1. The van der Waals surface area contributed by atoms with Crippen LogP contribution in [0.4, 0.5) is 0 Å². The lowest BCUT2D eigenvalue weighted by Crippen LogP contribution is -2.07. The van der Waals surface area contributed by atoms with E-state index in [-0.39, 0.29) is 18.4 Å². The number of aromatic nitrogens is 1. The summed E-state index contributed by atoms with van der Waals surface area (Å²) in [6.07, 6.45) is 1.35. The number of aliphatic carboxylic acids is 1. The summed E-state index contributed by atoms with van der Waals surface area (Å²) in [5.41, 5.74) is 2.31. The van der Waals surface area contributed by atoms with E-state index in [1.165, 1.54) is 7.11 Å². The van der Waals surface area contributed by atoms with Gasteiger partial charge in [0, 0.05) is 5.57 Å². The molecule has 28 heavy (non-hydrogen) atoms. The van der Waals surface area contributed by atoms with Gasteiger partial charge in [-0.1, -0.05) is 23.7 Å². The maximum atomic E-state index is 11.4. The van der Waals surface area contributed by atoms with Crippen LogP contribution in [0.3, 0.4) is 0 Å². The third-order valence-electron chi connectivity index (χ3n) is 3.86. The average molecular weight is 402 g/mol. The molecule has 6 nitrogen and oxygen atoms in total. The lowest BCUT2D eigenvalue weighted by molar-refractivity contribution is -0.135. The number of carboxylic acid groups (broad SMARTS) is 1. The molecule has 1 aromatic heterocycles. The highest BCUT2D eigenvalue weighted by Crippen LogP contribution is 2.38. The fraction of sp³-hybridized carbons (Fsp3) is 0.238. The second kappa shape index (κ2) is 8.35. The van der Waals surface area contributed by atoms with E-state index in [1.807, 2.05) is 26.0 Å². The molecule has 0 saturated heterocycles. The first-order valence-electron chi connectivity index (χ1n) is 8.70. The van der Waals surface area contributed by atoms with Crippen molar-refractivity contribution in [2.45, 2.75) is 26.4 Å². The molecule has 0 unspecified atom stereocenters. The molecule has 0 spiro atoms. The lowest BCUT2D eigenvalue weighted by Gasteiger charge is -2.16. The van der Waals surface area contributed by atoms with Crippen LogP contribution in [0.1, 0.15) is 31.7 Å². The summed E-state index contributed by atoms with van der Waals surface area (Å²) in [7, 11) is 1.52. The zero-order valence-corrected chi connectivity index (χ0v) is 16.5. The smallest absolute Gasteiger partial charge is 0.308 e. The van der Waals surface area contributed by atoms with Crippen LogP contribution in [0.5, 0.6) is 11.5 Å². The van der Waals surface area contributed by atoms with Gasteiger partial charge in [0.2, 0.25) is 5.89 Å². The van der Waals surface area contributed by atoms with Gasteiger partial charge in [-0.3, -0.25) is 4.79 Å². The Morgan fingerprint density at radius 3 is 2.71 bits per heavy atom. The molecule has 3 aromatic rings. The Hall–Kier alpha value is -2.99. The number of rotatable bonds is 7. The fourth-order valence-corrected chi connectivity index (χ4v) is 3.00. The van der Waals surface area contributed by atoms with Gasteiger partial charge in [-0.15, -0.1) is 0 Å². The molecule has 0 aliphatic heterocycles. The van der Waals surface area contributed by atoms with Crippen molar-refractivity contribution in [1.82, 2.24) is 4.98 Å². The molecule has 0 bridgehead atoms. The SMILES string of the molecule is COc1cc(/C=C(\CC(=O)O)c2nc3ccccc3o2)cc(Cl)c1OC(C)C. The normalized spacial score (nSPS) is 11.8. The second-order valence-corrected chi connectivity index (χ2v) is 6.83. The van der Waals surface area contributed by atoms with E-state index in [9.17, 15) is 9.90 Å². The van der Waals surface area contributed by atoms with Crippen LogP contribution in [0.2, 0.25) is 5.02 Å². The van der Waals surface area contributed by atoms with E-state index in [0.29, 0.717) is 38.8 Å². The monoisotopic (exact) mass is 401 g/mol. The molecule has 0 saturated carbocycles. The second-order valence-electron chi connectivity index (χ2n) is 6.43. The van der Waals surface area contributed by atoms with Crippen molar-refractivity contribution in [1.29, 1.82) is 0 Å². The van der Waals surface area contributed by atoms with Gasteiger partial charge in [0.1, 0.15) is 5.52 Å². The Kier molecular flexibility index (Phi) is 5.90. The van der Waals surface area contributed by atoms with Crippen LogP contribution >= 0.6 is 11.6 Å². The summed E-state index contributed by atoms with van der Waals surface area (Å²) in [4.78, 5) is 15.8. The van der Waals surface area contributed by atoms with Crippen LogP contribution in [-0.2, 0) is 4.79 Å². The number of hydrogen-bond donors (Lipinski definition) is 1. The molecule has 0 atom stereocenters. The van der Waals surface area contributed by atoms with Crippen LogP contribution in [0.15, 0.2) is 40.8 Å². The highest BCUT2D eigenvalue weighted by atomic mass is 35.5. The molecule has 0 fully saturated rings. The molecule has 1 N–H and O–H groups in total. The van der Waals surface area contributed by atoms with Gasteiger partial charge in [0.05, 0.1) is 24.7 Å². The minimum absolute atomic E-state index is 0.0740. The lowest BCUT2D eigenvalue weighted by atomic mass is 10.1. The number of carboxylic acids is 1. The molecule has 1 heterocycles. The van der Waals surface area contributed by atoms with Crippen molar-refractivity contribution < 1.29 is 23.8 Å². The van der Waals surface area contributed by atoms with Gasteiger partial charge >= 0.3 is 5.97 Å². The predicted molar refractivity (Wildman–Crippen MR) is 108 cm³/mol. The van der Waals surface area contributed by atoms with Crippen molar-refractivity contribution in [3.63, 3.8) is 0 Å². The van der Waals surface area contributed by atoms with Crippen molar-refractivity contribution >= 4 is 40.3 Å². The van der Waals surface area contributed by atoms with Crippen LogP contribution < -0.4 is 9.47 Å². The highest BCUT2D eigenvalue weighted by Gasteiger charge is 2.17. The summed E-state index contributed by atoms with van der Waals surface area (Å²) < 4.78 is 16.8. The molecule has 3 rings (SSSR count). The maximum Gasteiger partial charge on any atom is 0.308 e. The molecular formula is C21H20ClNO5. The number of oxazole rings is 1. The molecule has 7 heteroatoms.